The lowest BCUT2D eigenvalue weighted by Crippen LogP contribution is -2.33. The van der Waals surface area contributed by atoms with Crippen LogP contribution < -0.4 is 0 Å². The van der Waals surface area contributed by atoms with E-state index in [1.807, 2.05) is 0 Å². The molecule has 1 saturated carbocycles. The van der Waals surface area contributed by atoms with E-state index in [0.717, 1.165) is 32.4 Å². The molecule has 1 aliphatic carbocycles. The molecule has 0 radical (unpaired) electrons. The molecule has 0 aromatic heterocycles. The number of hydrogen-bond acceptors (Lipinski definition) is 4. The lowest BCUT2D eigenvalue weighted by molar-refractivity contribution is -0.154. The van der Waals surface area contributed by atoms with Gasteiger partial charge in [0.1, 0.15) is 0 Å². The second-order valence-electron chi connectivity index (χ2n) is 6.97. The minimum atomic E-state index is -0.315. The Morgan fingerprint density at radius 1 is 1.26 bits per heavy atom. The van der Waals surface area contributed by atoms with Crippen LogP contribution in [0.3, 0.4) is 0 Å². The smallest absolute Gasteiger partial charge is 0.288 e. The van der Waals surface area contributed by atoms with Crippen LogP contribution in [0.4, 0.5) is 0 Å². The predicted molar refractivity (Wildman–Crippen MR) is 86.5 cm³/mol. The third kappa shape index (κ3) is 4.70. The summed E-state index contributed by atoms with van der Waals surface area (Å²) < 4.78 is 11.7. The first-order valence-electron chi connectivity index (χ1n) is 9.18. The lowest BCUT2D eigenvalue weighted by atomic mass is 9.77. The summed E-state index contributed by atoms with van der Waals surface area (Å²) >= 11 is 0. The minimum absolute atomic E-state index is 0.0227. The molecule has 0 aromatic carbocycles. The molecular weight excluding hydrogens is 294 g/mol. The Hall–Kier alpha value is -1.07. The zero-order chi connectivity index (χ0) is 16.1. The van der Waals surface area contributed by atoms with Crippen molar-refractivity contribution in [2.45, 2.75) is 57.7 Å². The van der Waals surface area contributed by atoms with E-state index in [2.05, 4.69) is 6.08 Å². The van der Waals surface area contributed by atoms with E-state index in [-0.39, 0.29) is 18.8 Å². The fourth-order valence-corrected chi connectivity index (χ4v) is 3.67. The monoisotopic (exact) mass is 323 g/mol. The van der Waals surface area contributed by atoms with Gasteiger partial charge in [-0.2, -0.15) is 0 Å². The van der Waals surface area contributed by atoms with Crippen molar-refractivity contribution in [3.05, 3.63) is 11.8 Å². The molecule has 0 spiro atoms. The van der Waals surface area contributed by atoms with Crippen LogP contribution in [0.5, 0.6) is 0 Å². The number of allylic oxidation sites excluding steroid dienone is 1. The van der Waals surface area contributed by atoms with Crippen molar-refractivity contribution >= 4 is 5.91 Å². The maximum atomic E-state index is 12.4. The van der Waals surface area contributed by atoms with Gasteiger partial charge in [-0.05, 0) is 43.6 Å². The van der Waals surface area contributed by atoms with Crippen LogP contribution >= 0.6 is 0 Å². The number of hydrogen-bond donors (Lipinski definition) is 1. The van der Waals surface area contributed by atoms with Gasteiger partial charge in [-0.15, -0.1) is 0 Å². The maximum Gasteiger partial charge on any atom is 0.288 e. The molecular formula is C18H29NO4. The molecule has 1 amide bonds. The van der Waals surface area contributed by atoms with Crippen LogP contribution in [0.2, 0.25) is 0 Å². The summed E-state index contributed by atoms with van der Waals surface area (Å²) in [5.74, 6) is 1.57. The predicted octanol–water partition coefficient (Wildman–Crippen LogP) is 2.44. The summed E-state index contributed by atoms with van der Waals surface area (Å²) in [4.78, 5) is 14.2. The quantitative estimate of drug-likeness (QED) is 0.577. The van der Waals surface area contributed by atoms with Crippen molar-refractivity contribution in [3.63, 3.8) is 0 Å². The number of nitrogens with zero attached hydrogens (tertiary/aromatic N) is 1. The Balaban J connectivity index is 1.61. The summed E-state index contributed by atoms with van der Waals surface area (Å²) in [5, 5.41) is 8.85. The topological polar surface area (TPSA) is 58.8 Å². The van der Waals surface area contributed by atoms with Crippen LogP contribution in [0, 0.1) is 11.8 Å². The zero-order valence-corrected chi connectivity index (χ0v) is 13.9. The highest BCUT2D eigenvalue weighted by Gasteiger charge is 2.36. The number of carbonyl (C=O) groups is 1. The van der Waals surface area contributed by atoms with Crippen LogP contribution in [0.25, 0.3) is 0 Å². The largest absolute Gasteiger partial charge is 0.459 e. The number of ether oxygens (including phenoxy) is 2. The van der Waals surface area contributed by atoms with Crippen molar-refractivity contribution in [2.24, 2.45) is 11.8 Å². The first kappa shape index (κ1) is 16.8. The van der Waals surface area contributed by atoms with E-state index in [1.54, 1.807) is 4.90 Å². The van der Waals surface area contributed by atoms with Crippen molar-refractivity contribution in [1.29, 1.82) is 0 Å². The van der Waals surface area contributed by atoms with E-state index in [9.17, 15) is 4.79 Å². The van der Waals surface area contributed by atoms with Crippen molar-refractivity contribution in [2.75, 3.05) is 26.3 Å². The highest BCUT2D eigenvalue weighted by molar-refractivity contribution is 5.93. The summed E-state index contributed by atoms with van der Waals surface area (Å²) in [7, 11) is 0. The van der Waals surface area contributed by atoms with Crippen LogP contribution in [-0.2, 0) is 14.3 Å². The number of carbonyl (C=O) groups excluding carboxylic acids is 1. The summed E-state index contributed by atoms with van der Waals surface area (Å²) in [6, 6.07) is 0. The number of amides is 1. The Labute approximate surface area is 138 Å². The molecule has 2 heterocycles. The van der Waals surface area contributed by atoms with E-state index >= 15 is 0 Å². The number of aliphatic hydroxyl groups is 1. The summed E-state index contributed by atoms with van der Waals surface area (Å²) in [6.45, 7) is 2.46. The lowest BCUT2D eigenvalue weighted by Gasteiger charge is -2.35. The molecule has 2 aliphatic heterocycles. The van der Waals surface area contributed by atoms with E-state index in [1.165, 1.54) is 32.1 Å². The third-order valence-electron chi connectivity index (χ3n) is 5.15. The van der Waals surface area contributed by atoms with Gasteiger partial charge in [0.05, 0.1) is 6.61 Å². The second-order valence-corrected chi connectivity index (χ2v) is 6.97. The fourth-order valence-electron chi connectivity index (χ4n) is 3.67. The van der Waals surface area contributed by atoms with Gasteiger partial charge in [0, 0.05) is 26.1 Å². The normalized spacial score (nSPS) is 28.2. The average Bonchev–Trinajstić information content (AvgIpc) is 3.44. The Morgan fingerprint density at radius 3 is 2.74 bits per heavy atom. The average molecular weight is 323 g/mol. The van der Waals surface area contributed by atoms with Crippen molar-refractivity contribution < 1.29 is 19.4 Å². The van der Waals surface area contributed by atoms with Crippen LogP contribution in [-0.4, -0.2) is 48.5 Å². The van der Waals surface area contributed by atoms with Gasteiger partial charge < -0.3 is 19.5 Å². The molecule has 2 atom stereocenters. The molecule has 1 saturated heterocycles. The molecule has 2 fully saturated rings. The molecule has 23 heavy (non-hydrogen) atoms. The highest BCUT2D eigenvalue weighted by Crippen LogP contribution is 2.37. The molecule has 3 rings (SSSR count). The van der Waals surface area contributed by atoms with Gasteiger partial charge in [0.25, 0.3) is 5.91 Å². The molecule has 0 unspecified atom stereocenters. The summed E-state index contributed by atoms with van der Waals surface area (Å²) in [6.07, 6.45) is 10.6. The van der Waals surface area contributed by atoms with Crippen molar-refractivity contribution in [3.8, 4) is 0 Å². The molecule has 0 aromatic rings. The van der Waals surface area contributed by atoms with Gasteiger partial charge in [0.15, 0.2) is 5.76 Å². The number of aliphatic hydroxyl groups excluding tert-OH is 1. The van der Waals surface area contributed by atoms with Gasteiger partial charge in [-0.1, -0.05) is 19.3 Å². The first-order chi connectivity index (χ1) is 11.3. The second kappa shape index (κ2) is 8.15. The van der Waals surface area contributed by atoms with Gasteiger partial charge in [0.2, 0.25) is 6.29 Å². The summed E-state index contributed by atoms with van der Waals surface area (Å²) in [5.41, 5.74) is 0. The maximum absolute atomic E-state index is 12.4. The standard InChI is InChI=1S/C18H29NO4/c20-10-4-5-11-22-17-13-15(14-6-2-1-3-7-14)12-16(23-17)18(21)19-8-9-19/h12,14-15,17,20H,1-11,13H2/t15-,17+/m1/s1. The number of rotatable bonds is 7. The number of unbranched alkanes of at least 4 members (excludes halogenated alkanes) is 1. The fraction of sp³-hybridized carbons (Fsp3) is 0.833. The zero-order valence-electron chi connectivity index (χ0n) is 13.9. The minimum Gasteiger partial charge on any atom is -0.459 e. The van der Waals surface area contributed by atoms with E-state index in [0.29, 0.717) is 24.2 Å². The SMILES string of the molecule is O=C(C1=C[C@@H](C2CCCCC2)C[C@@H](OCCCCO)O1)N1CC1. The molecule has 5 heteroatoms. The Morgan fingerprint density at radius 2 is 2.04 bits per heavy atom. The Kier molecular flexibility index (Phi) is 5.95. The van der Waals surface area contributed by atoms with Crippen LogP contribution in [0.15, 0.2) is 11.8 Å². The molecule has 3 aliphatic rings. The van der Waals surface area contributed by atoms with Gasteiger partial charge in [-0.25, -0.2) is 0 Å². The van der Waals surface area contributed by atoms with E-state index < -0.39 is 0 Å². The molecule has 0 bridgehead atoms. The highest BCUT2D eigenvalue weighted by atomic mass is 16.7. The first-order valence-corrected chi connectivity index (χ1v) is 9.18. The van der Waals surface area contributed by atoms with Gasteiger partial charge >= 0.3 is 0 Å². The van der Waals surface area contributed by atoms with Crippen LogP contribution in [0.1, 0.15) is 51.4 Å². The van der Waals surface area contributed by atoms with Crippen molar-refractivity contribution in [1.82, 2.24) is 4.90 Å². The van der Waals surface area contributed by atoms with E-state index in [4.69, 9.17) is 14.6 Å². The van der Waals surface area contributed by atoms with Gasteiger partial charge in [-0.3, -0.25) is 4.79 Å². The molecule has 130 valence electrons. The third-order valence-corrected chi connectivity index (χ3v) is 5.15. The Bertz CT molecular complexity index is 427. The molecule has 1 N–H and O–H groups in total. The molecule has 5 nitrogen and oxygen atoms in total.